The maximum atomic E-state index is 12.4. The number of hydrogen-bond donors (Lipinski definition) is 1. The molecule has 20 heavy (non-hydrogen) atoms. The number of ketones is 1. The number of carbonyl (C=O) groups excluding carboxylic acids is 1. The van der Waals surface area contributed by atoms with Crippen molar-refractivity contribution in [1.29, 1.82) is 0 Å². The maximum absolute atomic E-state index is 12.4. The molecule has 0 radical (unpaired) electrons. The van der Waals surface area contributed by atoms with Gasteiger partial charge in [-0.2, -0.15) is 0 Å². The molecule has 0 aromatic carbocycles. The fourth-order valence-corrected chi connectivity index (χ4v) is 4.78. The van der Waals surface area contributed by atoms with Crippen molar-refractivity contribution in [3.8, 4) is 0 Å². The number of anilines is 2. The van der Waals surface area contributed by atoms with Crippen LogP contribution in [0.2, 0.25) is 0 Å². The summed E-state index contributed by atoms with van der Waals surface area (Å²) in [5.74, 6) is 1.36. The van der Waals surface area contributed by atoms with E-state index in [-0.39, 0.29) is 11.7 Å². The second kappa shape index (κ2) is 5.60. The highest BCUT2D eigenvalue weighted by Gasteiger charge is 2.35. The van der Waals surface area contributed by atoms with Crippen molar-refractivity contribution in [2.24, 2.45) is 11.8 Å². The standard InChI is InChI=1S/C15H22N2OS2/c1-3-17(8-9-4-5-9)15-14(19-2)11(16)13(20-15)12(18)10-6-7-10/h9-10H,3-8,16H2,1-2H3. The van der Waals surface area contributed by atoms with Crippen LogP contribution < -0.4 is 10.6 Å². The van der Waals surface area contributed by atoms with Gasteiger partial charge in [0.1, 0.15) is 5.00 Å². The van der Waals surface area contributed by atoms with Gasteiger partial charge in [0.25, 0.3) is 0 Å². The molecule has 1 aromatic heterocycles. The average Bonchev–Trinajstić information content (AvgIpc) is 3.34. The zero-order valence-corrected chi connectivity index (χ0v) is 13.8. The number of nitrogens with zero attached hydrogens (tertiary/aromatic N) is 1. The molecule has 2 aliphatic carbocycles. The molecule has 2 N–H and O–H groups in total. The highest BCUT2D eigenvalue weighted by atomic mass is 32.2. The number of nitrogen functional groups attached to an aromatic ring is 1. The Kier molecular flexibility index (Phi) is 4.00. The minimum absolute atomic E-state index is 0.247. The van der Waals surface area contributed by atoms with Crippen LogP contribution in [0.5, 0.6) is 0 Å². The van der Waals surface area contributed by atoms with E-state index in [4.69, 9.17) is 5.73 Å². The van der Waals surface area contributed by atoms with Gasteiger partial charge in [-0.3, -0.25) is 4.79 Å². The van der Waals surface area contributed by atoms with Crippen molar-refractivity contribution in [2.75, 3.05) is 30.0 Å². The van der Waals surface area contributed by atoms with Crippen LogP contribution in [0.25, 0.3) is 0 Å². The summed E-state index contributed by atoms with van der Waals surface area (Å²) in [5.41, 5.74) is 6.99. The predicted octanol–water partition coefficient (Wildman–Crippen LogP) is 3.88. The molecule has 0 bridgehead atoms. The summed E-state index contributed by atoms with van der Waals surface area (Å²) in [6, 6.07) is 0. The summed E-state index contributed by atoms with van der Waals surface area (Å²) in [5, 5.41) is 1.22. The van der Waals surface area contributed by atoms with Crippen molar-refractivity contribution < 1.29 is 4.79 Å². The molecule has 3 rings (SSSR count). The summed E-state index contributed by atoms with van der Waals surface area (Å²) in [6.07, 6.45) is 6.83. The van der Waals surface area contributed by atoms with Gasteiger partial charge >= 0.3 is 0 Å². The monoisotopic (exact) mass is 310 g/mol. The summed E-state index contributed by atoms with van der Waals surface area (Å²) >= 11 is 3.30. The molecule has 5 heteroatoms. The van der Waals surface area contributed by atoms with Gasteiger partial charge in [-0.15, -0.1) is 23.1 Å². The van der Waals surface area contributed by atoms with E-state index in [2.05, 4.69) is 18.1 Å². The van der Waals surface area contributed by atoms with E-state index in [1.54, 1.807) is 23.1 Å². The van der Waals surface area contributed by atoms with Crippen LogP contribution in [0.3, 0.4) is 0 Å². The van der Waals surface area contributed by atoms with E-state index in [0.717, 1.165) is 47.3 Å². The van der Waals surface area contributed by atoms with Gasteiger partial charge in [0.15, 0.2) is 5.78 Å². The Labute approximate surface area is 128 Å². The molecule has 0 amide bonds. The lowest BCUT2D eigenvalue weighted by molar-refractivity contribution is 0.0972. The lowest BCUT2D eigenvalue weighted by Gasteiger charge is -2.22. The Balaban J connectivity index is 1.91. The normalized spacial score (nSPS) is 18.3. The third kappa shape index (κ3) is 2.70. The number of thiophene rings is 1. The molecule has 0 atom stereocenters. The summed E-state index contributed by atoms with van der Waals surface area (Å²) in [6.45, 7) is 4.28. The second-order valence-electron chi connectivity index (χ2n) is 5.80. The number of hydrogen-bond acceptors (Lipinski definition) is 5. The third-order valence-corrected chi connectivity index (χ3v) is 6.33. The van der Waals surface area contributed by atoms with Crippen molar-refractivity contribution in [1.82, 2.24) is 0 Å². The van der Waals surface area contributed by atoms with Gasteiger partial charge in [0, 0.05) is 19.0 Å². The topological polar surface area (TPSA) is 46.3 Å². The van der Waals surface area contributed by atoms with Crippen molar-refractivity contribution in [3.63, 3.8) is 0 Å². The van der Waals surface area contributed by atoms with Crippen molar-refractivity contribution in [3.05, 3.63) is 4.88 Å². The van der Waals surface area contributed by atoms with Crippen molar-refractivity contribution >= 4 is 39.6 Å². The molecule has 0 spiro atoms. The average molecular weight is 310 g/mol. The molecule has 2 aliphatic rings. The van der Waals surface area contributed by atoms with Crippen LogP contribution >= 0.6 is 23.1 Å². The SMILES string of the molecule is CCN(CC1CC1)c1sc(C(=O)C2CC2)c(N)c1SC. The number of Topliss-reactive ketones (excluding diaryl/α,β-unsaturated/α-hetero) is 1. The zero-order valence-electron chi connectivity index (χ0n) is 12.1. The second-order valence-corrected chi connectivity index (χ2v) is 7.62. The first-order chi connectivity index (χ1) is 9.65. The minimum atomic E-state index is 0.247. The number of nitrogens with two attached hydrogens (primary N) is 1. The molecule has 1 heterocycles. The van der Waals surface area contributed by atoms with Gasteiger partial charge in [-0.05, 0) is 44.8 Å². The number of rotatable bonds is 7. The Morgan fingerprint density at radius 1 is 1.40 bits per heavy atom. The van der Waals surface area contributed by atoms with E-state index < -0.39 is 0 Å². The van der Waals surface area contributed by atoms with Gasteiger partial charge in [0.2, 0.25) is 0 Å². The van der Waals surface area contributed by atoms with E-state index in [0.29, 0.717) is 0 Å². The van der Waals surface area contributed by atoms with Crippen LogP contribution in [0.1, 0.15) is 42.3 Å². The summed E-state index contributed by atoms with van der Waals surface area (Å²) in [4.78, 5) is 16.7. The molecule has 110 valence electrons. The number of thioether (sulfide) groups is 1. The van der Waals surface area contributed by atoms with Crippen LogP contribution in [0.15, 0.2) is 4.90 Å². The first kappa shape index (κ1) is 14.3. The van der Waals surface area contributed by atoms with Crippen LogP contribution in [0, 0.1) is 11.8 Å². The highest BCUT2D eigenvalue weighted by Crippen LogP contribution is 2.47. The first-order valence-corrected chi connectivity index (χ1v) is 9.45. The quantitative estimate of drug-likeness (QED) is 0.613. The van der Waals surface area contributed by atoms with E-state index in [1.165, 1.54) is 17.8 Å². The molecule has 0 saturated heterocycles. The molecule has 2 fully saturated rings. The summed E-state index contributed by atoms with van der Waals surface area (Å²) < 4.78 is 0. The molecule has 1 aromatic rings. The van der Waals surface area contributed by atoms with E-state index in [1.807, 2.05) is 0 Å². The van der Waals surface area contributed by atoms with Gasteiger partial charge < -0.3 is 10.6 Å². The molecule has 0 aliphatic heterocycles. The third-order valence-electron chi connectivity index (χ3n) is 4.10. The zero-order chi connectivity index (χ0) is 14.3. The lowest BCUT2D eigenvalue weighted by Crippen LogP contribution is -2.24. The van der Waals surface area contributed by atoms with E-state index >= 15 is 0 Å². The molecule has 0 unspecified atom stereocenters. The van der Waals surface area contributed by atoms with Crippen molar-refractivity contribution in [2.45, 2.75) is 37.5 Å². The highest BCUT2D eigenvalue weighted by molar-refractivity contribution is 7.99. The molecule has 2 saturated carbocycles. The largest absolute Gasteiger partial charge is 0.396 e. The fourth-order valence-electron chi connectivity index (χ4n) is 2.50. The Morgan fingerprint density at radius 2 is 2.10 bits per heavy atom. The van der Waals surface area contributed by atoms with Crippen LogP contribution in [-0.2, 0) is 0 Å². The Hall–Kier alpha value is -0.680. The first-order valence-electron chi connectivity index (χ1n) is 7.41. The maximum Gasteiger partial charge on any atom is 0.178 e. The van der Waals surface area contributed by atoms with E-state index in [9.17, 15) is 4.79 Å². The fraction of sp³-hybridized carbons (Fsp3) is 0.667. The lowest BCUT2D eigenvalue weighted by atomic mass is 10.2. The predicted molar refractivity (Wildman–Crippen MR) is 88.2 cm³/mol. The van der Waals surface area contributed by atoms with Crippen LogP contribution in [-0.4, -0.2) is 25.1 Å². The molecular formula is C15H22N2OS2. The molecule has 3 nitrogen and oxygen atoms in total. The summed E-state index contributed by atoms with van der Waals surface area (Å²) in [7, 11) is 0. The van der Waals surface area contributed by atoms with Gasteiger partial charge in [0.05, 0.1) is 15.5 Å². The van der Waals surface area contributed by atoms with Crippen LogP contribution in [0.4, 0.5) is 10.7 Å². The number of carbonyl (C=O) groups is 1. The molecular weight excluding hydrogens is 288 g/mol. The Morgan fingerprint density at radius 3 is 2.60 bits per heavy atom. The minimum Gasteiger partial charge on any atom is -0.396 e. The Bertz CT molecular complexity index is 518. The smallest absolute Gasteiger partial charge is 0.178 e. The van der Waals surface area contributed by atoms with Gasteiger partial charge in [-0.25, -0.2) is 0 Å². The van der Waals surface area contributed by atoms with Gasteiger partial charge in [-0.1, -0.05) is 0 Å².